The van der Waals surface area contributed by atoms with E-state index < -0.39 is 14.6 Å². The van der Waals surface area contributed by atoms with E-state index in [1.54, 1.807) is 64.2 Å². The Morgan fingerprint density at radius 3 is 1.49 bits per heavy atom. The maximum atomic E-state index is 5.49. The van der Waals surface area contributed by atoms with Crippen molar-refractivity contribution in [2.75, 3.05) is 6.16 Å². The van der Waals surface area contributed by atoms with Crippen LogP contribution in [0.3, 0.4) is 0 Å². The third-order valence-corrected chi connectivity index (χ3v) is 87.6. The van der Waals surface area contributed by atoms with E-state index in [1.165, 1.54) is 45.1 Å². The molecule has 10 unspecified atom stereocenters. The summed E-state index contributed by atoms with van der Waals surface area (Å²) in [5.74, 6) is 8.91. The van der Waals surface area contributed by atoms with E-state index >= 15 is 0 Å². The van der Waals surface area contributed by atoms with Gasteiger partial charge in [0.25, 0.3) is 0 Å². The molecule has 2 nitrogen and oxygen atoms in total. The molecule has 0 radical (unpaired) electrons. The Labute approximate surface area is 300 Å². The van der Waals surface area contributed by atoms with E-state index in [0.29, 0.717) is 4.31 Å². The van der Waals surface area contributed by atoms with Gasteiger partial charge >= 0.3 is 302 Å². The summed E-state index contributed by atoms with van der Waals surface area (Å²) in [6.07, 6.45) is 22.6. The molecule has 6 heteroatoms. The van der Waals surface area contributed by atoms with Crippen molar-refractivity contribution < 1.29 is 6.51 Å². The van der Waals surface area contributed by atoms with E-state index in [2.05, 4.69) is 77.7 Å². The van der Waals surface area contributed by atoms with Gasteiger partial charge in [0.15, 0.2) is 0 Å². The number of fused-ring (bicyclic) bond motifs is 10. The zero-order chi connectivity index (χ0) is 33.2. The Morgan fingerprint density at radius 1 is 0.667 bits per heavy atom. The molecule has 0 amide bonds. The molecule has 8 saturated carbocycles. The molecule has 0 N–H and O–H groups in total. The molecule has 18 fully saturated rings. The summed E-state index contributed by atoms with van der Waals surface area (Å²) in [7, 11) is 2.47. The van der Waals surface area contributed by atoms with E-state index in [9.17, 15) is 0 Å². The predicted octanol–water partition coefficient (Wildman–Crippen LogP) is 12.1. The molecule has 20 rings (SSSR count). The molecule has 18 aliphatic rings. The van der Waals surface area contributed by atoms with Crippen LogP contribution in [0.15, 0.2) is 48.8 Å². The second-order valence-corrected chi connectivity index (χ2v) is 58.2. The van der Waals surface area contributed by atoms with Gasteiger partial charge in [0.2, 0.25) is 0 Å². The Balaban J connectivity index is 0.925. The topological polar surface area (TPSA) is 25.8 Å². The fraction of sp³-hybridized carbons (Fsp3) is 0.778. The summed E-state index contributed by atoms with van der Waals surface area (Å²) in [4.78, 5) is 19.9. The average Bonchev–Trinajstić information content (AvgIpc) is 4.06. The van der Waals surface area contributed by atoms with Crippen LogP contribution in [-0.4, -0.2) is 35.5 Å². The third kappa shape index (κ3) is 0.909. The molecule has 10 aliphatic heterocycles. The minimum atomic E-state index is -4.27. The molecule has 270 valence electrons. The van der Waals surface area contributed by atoms with Crippen molar-refractivity contribution in [2.24, 2.45) is 47.3 Å². The molecule has 0 aromatic carbocycles. The summed E-state index contributed by atoms with van der Waals surface area (Å²) in [5, 5.41) is -0.0678. The van der Waals surface area contributed by atoms with Crippen molar-refractivity contribution in [3.8, 4) is 0 Å². The van der Waals surface area contributed by atoms with Crippen LogP contribution >= 0.6 is 17.2 Å². The van der Waals surface area contributed by atoms with Crippen LogP contribution in [0.4, 0.5) is 0 Å². The van der Waals surface area contributed by atoms with Crippen LogP contribution in [0, 0.1) is 47.3 Å². The summed E-state index contributed by atoms with van der Waals surface area (Å²) in [6, 6.07) is 14.1. The first-order chi connectivity index (χ1) is 24.5. The molecule has 51 heavy (non-hydrogen) atoms. The maximum absolute atomic E-state index is 5.49. The van der Waals surface area contributed by atoms with Crippen LogP contribution in [0.1, 0.15) is 75.6 Å². The zero-order valence-corrected chi connectivity index (χ0v) is 35.1. The van der Waals surface area contributed by atoms with Gasteiger partial charge < -0.3 is 0 Å². The fourth-order valence-electron chi connectivity index (χ4n) is 32.3. The van der Waals surface area contributed by atoms with Crippen LogP contribution < -0.4 is 0 Å². The molecule has 1 spiro atoms. The number of hydrogen-bond donors (Lipinski definition) is 0. The number of rotatable bonds is 8. The van der Waals surface area contributed by atoms with E-state index in [-0.39, 0.29) is 13.1 Å². The second-order valence-electron chi connectivity index (χ2n) is 26.0. The second kappa shape index (κ2) is 4.91. The summed E-state index contributed by atoms with van der Waals surface area (Å²) in [5.41, 5.74) is 5.14. The van der Waals surface area contributed by atoms with Crippen molar-refractivity contribution in [2.45, 2.75) is 147 Å². The van der Waals surface area contributed by atoms with Crippen LogP contribution in [0.2, 0.25) is 65.9 Å². The Kier molecular flexibility index (Phi) is 2.65. The quantitative estimate of drug-likeness (QED) is 0.197. The predicted molar refractivity (Wildman–Crippen MR) is 210 cm³/mol. The fourth-order valence-corrected chi connectivity index (χ4v) is 149. The Morgan fingerprint density at radius 2 is 1.14 bits per heavy atom. The van der Waals surface area contributed by atoms with Gasteiger partial charge in [-0.05, 0) is 0 Å². The van der Waals surface area contributed by atoms with Crippen molar-refractivity contribution >= 4 is 25.2 Å². The summed E-state index contributed by atoms with van der Waals surface area (Å²) < 4.78 is 2.30. The van der Waals surface area contributed by atoms with Crippen molar-refractivity contribution in [3.05, 3.63) is 60.2 Å². The first kappa shape index (κ1) is 27.5. The average molecular weight is 773 g/mol. The molecular weight excluding hydrogens is 714 g/mol. The molecule has 10 atom stereocenters. The van der Waals surface area contributed by atoms with Crippen molar-refractivity contribution in [1.82, 2.24) is 9.97 Å². The molecule has 2 aromatic rings. The SMILES string of the molecule is C[Si](C)(C)[C]12[CH]3[CH]4[CH]5[CH]1[Fe]45321678[CH]2[CH]1[C]6(CP(C1C3CC4CC(C3)CC1C4)C1C3CC4CC(C3)CC1C4)[C]7(C(P)(c1ccccn1)c1ccccn1)[CH]28. The molecular formula is C45H58FeN2P2Si. The van der Waals surface area contributed by atoms with Crippen LogP contribution in [-0.2, 0) is 11.7 Å². The number of hydrogen-bond acceptors (Lipinski definition) is 2. The van der Waals surface area contributed by atoms with Crippen molar-refractivity contribution in [1.29, 1.82) is 0 Å². The first-order valence-corrected chi connectivity index (χ1v) is 33.9. The monoisotopic (exact) mass is 772 g/mol. The number of nitrogens with zero attached hydrogens (tertiary/aromatic N) is 2. The van der Waals surface area contributed by atoms with E-state index in [1.807, 2.05) is 6.16 Å². The van der Waals surface area contributed by atoms with Gasteiger partial charge in [0, 0.05) is 0 Å². The standard InChI is InChI=1S/C37H45N2P2.C8H13Si.Fe/c40-37(33-8-1-3-10-38-33,34-9-2-4-11-39-34)32-7-5-6-27(32)22-41(35-28-14-23-12-24(16-28)17-29(35)15-23)36-30-18-25-13-26(20-30)21-31(36)19-25;1-9(2,3)8-6-4-5-7-8;/h1-11,23-26,28-31,35-36H,12-22,40H2;4-7H,1-3H3;. The zero-order valence-electron chi connectivity index (χ0n) is 31.0. The van der Waals surface area contributed by atoms with Gasteiger partial charge in [-0.1, -0.05) is 0 Å². The summed E-state index contributed by atoms with van der Waals surface area (Å²) in [6.45, 7) is 4.57. The first-order valence-electron chi connectivity index (χ1n) is 22.0. The molecule has 12 heterocycles. The van der Waals surface area contributed by atoms with E-state index in [0.717, 1.165) is 66.9 Å². The third-order valence-electron chi connectivity index (χ3n) is 28.7. The minimum absolute atomic E-state index is 0.0588. The van der Waals surface area contributed by atoms with Crippen molar-refractivity contribution in [3.63, 3.8) is 0 Å². The van der Waals surface area contributed by atoms with Crippen LogP contribution in [0.25, 0.3) is 0 Å². The van der Waals surface area contributed by atoms with Crippen LogP contribution in [0.5, 0.6) is 0 Å². The van der Waals surface area contributed by atoms with Gasteiger partial charge in [-0.15, -0.1) is 0 Å². The normalized spacial score (nSPS) is 73.4. The van der Waals surface area contributed by atoms with Gasteiger partial charge in [-0.25, -0.2) is 0 Å². The molecule has 2 aromatic heterocycles. The van der Waals surface area contributed by atoms with Gasteiger partial charge in [0.05, 0.1) is 0 Å². The molecule has 8 bridgehead atoms. The Bertz CT molecular complexity index is 2410. The van der Waals surface area contributed by atoms with Gasteiger partial charge in [0.1, 0.15) is 0 Å². The molecule has 10 saturated heterocycles. The van der Waals surface area contributed by atoms with E-state index in [4.69, 9.17) is 9.97 Å². The summed E-state index contributed by atoms with van der Waals surface area (Å²) >= 11 is 0. The number of pyridine rings is 2. The molecule has 8 aliphatic carbocycles. The Hall–Kier alpha value is -0.104. The number of aromatic nitrogens is 2. The van der Waals surface area contributed by atoms with Gasteiger partial charge in [-0.3, -0.25) is 0 Å². The van der Waals surface area contributed by atoms with Gasteiger partial charge in [-0.2, -0.15) is 0 Å².